The normalized spacial score (nSPS) is 21.0. The molecule has 3 rings (SSSR count). The zero-order valence-electron chi connectivity index (χ0n) is 16.0. The van der Waals surface area contributed by atoms with Gasteiger partial charge in [-0.05, 0) is 30.7 Å². The SMILES string of the molecule is CCC1CN(C(=NC)NCCc2nc(C)no2)CCC1c1ccccc1. The molecule has 0 bridgehead atoms. The number of nitrogens with zero attached hydrogens (tertiary/aromatic N) is 4. The van der Waals surface area contributed by atoms with Crippen LogP contribution < -0.4 is 5.32 Å². The second-order valence-electron chi connectivity index (χ2n) is 6.88. The Morgan fingerprint density at radius 2 is 2.15 bits per heavy atom. The molecule has 0 amide bonds. The summed E-state index contributed by atoms with van der Waals surface area (Å²) in [6, 6.07) is 10.9. The molecule has 1 N–H and O–H groups in total. The summed E-state index contributed by atoms with van der Waals surface area (Å²) in [5.41, 5.74) is 1.47. The maximum atomic E-state index is 5.17. The smallest absolute Gasteiger partial charge is 0.228 e. The van der Waals surface area contributed by atoms with Crippen LogP contribution in [-0.4, -0.2) is 47.7 Å². The third-order valence-corrected chi connectivity index (χ3v) is 5.19. The van der Waals surface area contributed by atoms with Crippen molar-refractivity contribution in [2.45, 2.75) is 39.0 Å². The molecule has 1 fully saturated rings. The van der Waals surface area contributed by atoms with Gasteiger partial charge in [0.1, 0.15) is 0 Å². The molecule has 2 atom stereocenters. The lowest BCUT2D eigenvalue weighted by Crippen LogP contribution is -2.48. The molecular weight excluding hydrogens is 326 g/mol. The van der Waals surface area contributed by atoms with E-state index in [0.717, 1.165) is 32.0 Å². The first-order chi connectivity index (χ1) is 12.7. The molecule has 1 aliphatic rings. The van der Waals surface area contributed by atoms with E-state index in [2.05, 4.69) is 62.6 Å². The van der Waals surface area contributed by atoms with Gasteiger partial charge in [0.2, 0.25) is 5.89 Å². The van der Waals surface area contributed by atoms with Crippen LogP contribution in [0.5, 0.6) is 0 Å². The first-order valence-electron chi connectivity index (χ1n) is 9.51. The van der Waals surface area contributed by atoms with Crippen molar-refractivity contribution in [2.75, 3.05) is 26.7 Å². The first-order valence-corrected chi connectivity index (χ1v) is 9.51. The lowest BCUT2D eigenvalue weighted by molar-refractivity contribution is 0.215. The largest absolute Gasteiger partial charge is 0.356 e. The summed E-state index contributed by atoms with van der Waals surface area (Å²) >= 11 is 0. The number of aliphatic imine (C=N–C) groups is 1. The summed E-state index contributed by atoms with van der Waals surface area (Å²) in [5.74, 6) is 3.59. The highest BCUT2D eigenvalue weighted by Crippen LogP contribution is 2.34. The number of likely N-dealkylation sites (tertiary alicyclic amines) is 1. The Hall–Kier alpha value is -2.37. The van der Waals surface area contributed by atoms with Gasteiger partial charge in [-0.25, -0.2) is 0 Å². The van der Waals surface area contributed by atoms with E-state index in [9.17, 15) is 0 Å². The number of aromatic nitrogens is 2. The lowest BCUT2D eigenvalue weighted by Gasteiger charge is -2.40. The van der Waals surface area contributed by atoms with Gasteiger partial charge in [0, 0.05) is 33.1 Å². The summed E-state index contributed by atoms with van der Waals surface area (Å²) in [7, 11) is 1.85. The number of hydrogen-bond acceptors (Lipinski definition) is 4. The highest BCUT2D eigenvalue weighted by molar-refractivity contribution is 5.80. The van der Waals surface area contributed by atoms with Crippen LogP contribution in [0.1, 0.15) is 43.0 Å². The molecule has 140 valence electrons. The van der Waals surface area contributed by atoms with Crippen molar-refractivity contribution in [3.05, 3.63) is 47.6 Å². The molecule has 1 aromatic carbocycles. The van der Waals surface area contributed by atoms with Gasteiger partial charge in [-0.2, -0.15) is 4.98 Å². The number of hydrogen-bond donors (Lipinski definition) is 1. The average molecular weight is 355 g/mol. The maximum Gasteiger partial charge on any atom is 0.228 e. The van der Waals surface area contributed by atoms with Crippen molar-refractivity contribution >= 4 is 5.96 Å². The summed E-state index contributed by atoms with van der Waals surface area (Å²) < 4.78 is 5.17. The Bertz CT molecular complexity index is 712. The van der Waals surface area contributed by atoms with Crippen molar-refractivity contribution in [2.24, 2.45) is 10.9 Å². The molecule has 1 aliphatic heterocycles. The molecule has 0 spiro atoms. The van der Waals surface area contributed by atoms with E-state index >= 15 is 0 Å². The second-order valence-corrected chi connectivity index (χ2v) is 6.88. The third kappa shape index (κ3) is 4.42. The first kappa shape index (κ1) is 18.4. The highest BCUT2D eigenvalue weighted by atomic mass is 16.5. The van der Waals surface area contributed by atoms with Crippen LogP contribution in [-0.2, 0) is 6.42 Å². The van der Waals surface area contributed by atoms with Gasteiger partial charge in [-0.15, -0.1) is 0 Å². The predicted molar refractivity (Wildman–Crippen MR) is 103 cm³/mol. The van der Waals surface area contributed by atoms with E-state index in [4.69, 9.17) is 4.52 Å². The van der Waals surface area contributed by atoms with E-state index < -0.39 is 0 Å². The van der Waals surface area contributed by atoms with E-state index in [-0.39, 0.29) is 0 Å². The van der Waals surface area contributed by atoms with Gasteiger partial charge in [-0.3, -0.25) is 4.99 Å². The van der Waals surface area contributed by atoms with Crippen molar-refractivity contribution in [1.29, 1.82) is 0 Å². The standard InChI is InChI=1S/C20H29N5O/c1-4-16-14-25(13-11-18(16)17-8-6-5-7-9-17)20(21-3)22-12-10-19-23-15(2)24-26-19/h5-9,16,18H,4,10-14H2,1-3H3,(H,21,22). The van der Waals surface area contributed by atoms with Crippen molar-refractivity contribution in [3.8, 4) is 0 Å². The number of rotatable bonds is 5. The van der Waals surface area contributed by atoms with Crippen LogP contribution >= 0.6 is 0 Å². The monoisotopic (exact) mass is 355 g/mol. The minimum Gasteiger partial charge on any atom is -0.356 e. The molecule has 6 heteroatoms. The van der Waals surface area contributed by atoms with Gasteiger partial charge in [0.25, 0.3) is 0 Å². The summed E-state index contributed by atoms with van der Waals surface area (Å²) in [5, 5.41) is 7.27. The van der Waals surface area contributed by atoms with Gasteiger partial charge >= 0.3 is 0 Å². The van der Waals surface area contributed by atoms with Gasteiger partial charge in [0.15, 0.2) is 11.8 Å². The molecule has 1 aromatic heterocycles. The second kappa shape index (κ2) is 8.83. The van der Waals surface area contributed by atoms with Gasteiger partial charge < -0.3 is 14.7 Å². The van der Waals surface area contributed by atoms with Crippen LogP contribution in [0.2, 0.25) is 0 Å². The number of benzene rings is 1. The van der Waals surface area contributed by atoms with Gasteiger partial charge in [0.05, 0.1) is 0 Å². The van der Waals surface area contributed by atoms with E-state index in [0.29, 0.717) is 30.0 Å². The fourth-order valence-corrected chi connectivity index (χ4v) is 3.83. The minimum absolute atomic E-state index is 0.636. The van der Waals surface area contributed by atoms with Crippen LogP contribution in [0.4, 0.5) is 0 Å². The molecule has 0 aliphatic carbocycles. The summed E-state index contributed by atoms with van der Waals surface area (Å²) in [6.45, 7) is 6.92. The van der Waals surface area contributed by atoms with E-state index in [1.54, 1.807) is 0 Å². The zero-order valence-corrected chi connectivity index (χ0v) is 16.0. The van der Waals surface area contributed by atoms with Crippen LogP contribution in [0, 0.1) is 12.8 Å². The predicted octanol–water partition coefficient (Wildman–Crippen LogP) is 3.01. The molecular formula is C20H29N5O. The third-order valence-electron chi connectivity index (χ3n) is 5.19. The molecule has 2 unspecified atom stereocenters. The number of nitrogens with one attached hydrogen (secondary N) is 1. The van der Waals surface area contributed by atoms with Crippen molar-refractivity contribution < 1.29 is 4.52 Å². The van der Waals surface area contributed by atoms with Gasteiger partial charge in [-0.1, -0.05) is 48.8 Å². The van der Waals surface area contributed by atoms with Crippen LogP contribution in [0.25, 0.3) is 0 Å². The summed E-state index contributed by atoms with van der Waals surface area (Å²) in [6.07, 6.45) is 3.04. The topological polar surface area (TPSA) is 66.5 Å². The molecule has 6 nitrogen and oxygen atoms in total. The Morgan fingerprint density at radius 1 is 1.35 bits per heavy atom. The highest BCUT2D eigenvalue weighted by Gasteiger charge is 2.30. The molecule has 2 heterocycles. The number of aryl methyl sites for hydroxylation is 1. The fourth-order valence-electron chi connectivity index (χ4n) is 3.83. The fraction of sp³-hybridized carbons (Fsp3) is 0.550. The van der Waals surface area contributed by atoms with Crippen LogP contribution in [0.15, 0.2) is 39.8 Å². The van der Waals surface area contributed by atoms with E-state index in [1.807, 2.05) is 14.0 Å². The molecule has 1 saturated heterocycles. The Kier molecular flexibility index (Phi) is 6.26. The van der Waals surface area contributed by atoms with Crippen LogP contribution in [0.3, 0.4) is 0 Å². The zero-order chi connectivity index (χ0) is 18.4. The summed E-state index contributed by atoms with van der Waals surface area (Å²) in [4.78, 5) is 11.1. The Labute approximate surface area is 155 Å². The Balaban J connectivity index is 1.56. The minimum atomic E-state index is 0.636. The molecule has 2 aromatic rings. The average Bonchev–Trinajstić information content (AvgIpc) is 3.10. The molecule has 26 heavy (non-hydrogen) atoms. The van der Waals surface area contributed by atoms with E-state index in [1.165, 1.54) is 12.0 Å². The maximum absolute atomic E-state index is 5.17. The van der Waals surface area contributed by atoms with Crippen molar-refractivity contribution in [1.82, 2.24) is 20.4 Å². The Morgan fingerprint density at radius 3 is 2.81 bits per heavy atom. The molecule has 0 saturated carbocycles. The van der Waals surface area contributed by atoms with Crippen molar-refractivity contribution in [3.63, 3.8) is 0 Å². The number of guanidine groups is 1. The lowest BCUT2D eigenvalue weighted by atomic mass is 9.79. The number of piperidine rings is 1. The molecule has 0 radical (unpaired) electrons. The quantitative estimate of drug-likeness (QED) is 0.660.